The molecule has 0 aliphatic heterocycles. The number of hydrogen-bond donors (Lipinski definition) is 4. The van der Waals surface area contributed by atoms with Gasteiger partial charge in [0.05, 0.1) is 0 Å². The summed E-state index contributed by atoms with van der Waals surface area (Å²) in [5.41, 5.74) is 20.0. The molecule has 2 aromatic rings. The summed E-state index contributed by atoms with van der Waals surface area (Å²) >= 11 is 0. The number of nitrogens with one attached hydrogen (secondary N) is 1. The van der Waals surface area contributed by atoms with Gasteiger partial charge in [-0.1, -0.05) is 30.3 Å². The van der Waals surface area contributed by atoms with Crippen molar-refractivity contribution in [2.75, 3.05) is 17.2 Å². The average molecular weight is 269 g/mol. The van der Waals surface area contributed by atoms with Gasteiger partial charge in [0.1, 0.15) is 0 Å². The van der Waals surface area contributed by atoms with Crippen molar-refractivity contribution in [3.8, 4) is 0 Å². The molecule has 0 amide bonds. The molecular formula is C15H19N5. The Hall–Kier alpha value is -2.53. The van der Waals surface area contributed by atoms with Gasteiger partial charge >= 0.3 is 0 Å². The predicted molar refractivity (Wildman–Crippen MR) is 83.5 cm³/mol. The highest BCUT2D eigenvalue weighted by atomic mass is 15.2. The van der Waals surface area contributed by atoms with Crippen molar-refractivity contribution < 1.29 is 0 Å². The monoisotopic (exact) mass is 269 g/mol. The minimum absolute atomic E-state index is 0.0258. The molecule has 5 nitrogen and oxygen atoms in total. The number of para-hydroxylation sites is 1. The van der Waals surface area contributed by atoms with Crippen LogP contribution in [0.3, 0.4) is 0 Å². The molecule has 0 fully saturated rings. The fourth-order valence-electron chi connectivity index (χ4n) is 2.00. The lowest BCUT2D eigenvalue weighted by molar-refractivity contribution is 0.725. The lowest BCUT2D eigenvalue weighted by atomic mass is 10.1. The Kier molecular flexibility index (Phi) is 4.22. The zero-order chi connectivity index (χ0) is 14.5. The second-order valence-corrected chi connectivity index (χ2v) is 4.60. The van der Waals surface area contributed by atoms with Crippen molar-refractivity contribution in [3.05, 3.63) is 60.2 Å². The summed E-state index contributed by atoms with van der Waals surface area (Å²) in [6, 6.07) is 16.7. The first-order valence-electron chi connectivity index (χ1n) is 6.35. The maximum absolute atomic E-state index is 7.71. The molecule has 0 aliphatic rings. The van der Waals surface area contributed by atoms with E-state index in [1.165, 1.54) is 0 Å². The SMILES string of the molecule is N=C(N)N(CC(N)c1ccc(N)cc1)c1ccccc1. The van der Waals surface area contributed by atoms with E-state index in [0.29, 0.717) is 12.2 Å². The van der Waals surface area contributed by atoms with Crippen LogP contribution in [-0.2, 0) is 0 Å². The van der Waals surface area contributed by atoms with Gasteiger partial charge in [0.2, 0.25) is 0 Å². The highest BCUT2D eigenvalue weighted by Crippen LogP contribution is 2.18. The van der Waals surface area contributed by atoms with Crippen molar-refractivity contribution in [2.45, 2.75) is 6.04 Å². The van der Waals surface area contributed by atoms with E-state index >= 15 is 0 Å². The molecule has 0 spiro atoms. The molecular weight excluding hydrogens is 250 g/mol. The van der Waals surface area contributed by atoms with Crippen LogP contribution >= 0.6 is 0 Å². The van der Waals surface area contributed by atoms with Crippen LogP contribution < -0.4 is 22.1 Å². The van der Waals surface area contributed by atoms with E-state index in [-0.39, 0.29) is 12.0 Å². The molecule has 7 N–H and O–H groups in total. The van der Waals surface area contributed by atoms with E-state index in [9.17, 15) is 0 Å². The Morgan fingerprint density at radius 3 is 2.20 bits per heavy atom. The zero-order valence-corrected chi connectivity index (χ0v) is 11.2. The first-order valence-corrected chi connectivity index (χ1v) is 6.35. The zero-order valence-electron chi connectivity index (χ0n) is 11.2. The minimum Gasteiger partial charge on any atom is -0.399 e. The number of nitrogens with two attached hydrogens (primary N) is 3. The van der Waals surface area contributed by atoms with Crippen LogP contribution in [0.15, 0.2) is 54.6 Å². The van der Waals surface area contributed by atoms with Crippen molar-refractivity contribution in [1.82, 2.24) is 0 Å². The van der Waals surface area contributed by atoms with Crippen molar-refractivity contribution >= 4 is 17.3 Å². The molecule has 1 unspecified atom stereocenters. The van der Waals surface area contributed by atoms with E-state index < -0.39 is 0 Å². The summed E-state index contributed by atoms with van der Waals surface area (Å²) in [7, 11) is 0. The van der Waals surface area contributed by atoms with Crippen LogP contribution in [0.4, 0.5) is 11.4 Å². The quantitative estimate of drug-likeness (QED) is 0.385. The van der Waals surface area contributed by atoms with Gasteiger partial charge in [-0.05, 0) is 29.8 Å². The van der Waals surface area contributed by atoms with Gasteiger partial charge in [0.25, 0.3) is 0 Å². The third kappa shape index (κ3) is 3.27. The van der Waals surface area contributed by atoms with E-state index in [2.05, 4.69) is 0 Å². The summed E-state index contributed by atoms with van der Waals surface area (Å²) < 4.78 is 0. The van der Waals surface area contributed by atoms with Gasteiger partial charge in [-0.15, -0.1) is 0 Å². The van der Waals surface area contributed by atoms with Crippen LogP contribution in [0.5, 0.6) is 0 Å². The number of guanidine groups is 1. The largest absolute Gasteiger partial charge is 0.399 e. The number of nitrogen functional groups attached to an aromatic ring is 1. The summed E-state index contributed by atoms with van der Waals surface area (Å²) in [5, 5.41) is 7.71. The minimum atomic E-state index is -0.250. The van der Waals surface area contributed by atoms with Gasteiger partial charge in [-0.3, -0.25) is 5.41 Å². The smallest absolute Gasteiger partial charge is 0.193 e. The first kappa shape index (κ1) is 13.9. The molecule has 1 atom stereocenters. The van der Waals surface area contributed by atoms with Crippen LogP contribution in [0.25, 0.3) is 0 Å². The van der Waals surface area contributed by atoms with Gasteiger partial charge < -0.3 is 22.1 Å². The molecule has 0 saturated carbocycles. The number of benzene rings is 2. The third-order valence-electron chi connectivity index (χ3n) is 3.10. The van der Waals surface area contributed by atoms with Gasteiger partial charge in [-0.2, -0.15) is 0 Å². The molecule has 0 aliphatic carbocycles. The average Bonchev–Trinajstić information content (AvgIpc) is 2.46. The van der Waals surface area contributed by atoms with Crippen LogP contribution in [0.1, 0.15) is 11.6 Å². The topological polar surface area (TPSA) is 105 Å². The van der Waals surface area contributed by atoms with Crippen molar-refractivity contribution in [3.63, 3.8) is 0 Å². The number of anilines is 2. The molecule has 20 heavy (non-hydrogen) atoms. The molecule has 0 heterocycles. The maximum Gasteiger partial charge on any atom is 0.193 e. The van der Waals surface area contributed by atoms with E-state index in [4.69, 9.17) is 22.6 Å². The highest BCUT2D eigenvalue weighted by Gasteiger charge is 2.15. The fourth-order valence-corrected chi connectivity index (χ4v) is 2.00. The maximum atomic E-state index is 7.71. The normalized spacial score (nSPS) is 11.8. The lowest BCUT2D eigenvalue weighted by Gasteiger charge is -2.26. The summed E-state index contributed by atoms with van der Waals surface area (Å²) in [5.74, 6) is -0.0258. The number of hydrogen-bond acceptors (Lipinski definition) is 3. The molecule has 0 radical (unpaired) electrons. The second-order valence-electron chi connectivity index (χ2n) is 4.60. The summed E-state index contributed by atoms with van der Waals surface area (Å²) in [6.07, 6.45) is 0. The fraction of sp³-hybridized carbons (Fsp3) is 0.133. The first-order chi connectivity index (χ1) is 9.58. The number of nitrogens with zero attached hydrogens (tertiary/aromatic N) is 1. The Morgan fingerprint density at radius 1 is 1.05 bits per heavy atom. The highest BCUT2D eigenvalue weighted by molar-refractivity contribution is 5.92. The molecule has 104 valence electrons. The van der Waals surface area contributed by atoms with E-state index in [0.717, 1.165) is 11.3 Å². The molecule has 0 bridgehead atoms. The third-order valence-corrected chi connectivity index (χ3v) is 3.10. The predicted octanol–water partition coefficient (Wildman–Crippen LogP) is 1.67. The van der Waals surface area contributed by atoms with E-state index in [1.54, 1.807) is 4.90 Å². The molecule has 2 aromatic carbocycles. The van der Waals surface area contributed by atoms with E-state index in [1.807, 2.05) is 54.6 Å². The summed E-state index contributed by atoms with van der Waals surface area (Å²) in [6.45, 7) is 0.434. The Bertz CT molecular complexity index is 565. The standard InChI is InChI=1S/C15H19N5/c16-12-8-6-11(7-9-12)14(17)10-20(15(18)19)13-4-2-1-3-5-13/h1-9,14H,10,16-17H2,(H3,18,19). The summed E-state index contributed by atoms with van der Waals surface area (Å²) in [4.78, 5) is 1.68. The lowest BCUT2D eigenvalue weighted by Crippen LogP contribution is -2.41. The number of rotatable bonds is 4. The van der Waals surface area contributed by atoms with Gasteiger partial charge in [0.15, 0.2) is 5.96 Å². The Labute approximate surface area is 118 Å². The molecule has 0 saturated heterocycles. The van der Waals surface area contributed by atoms with Crippen LogP contribution in [-0.4, -0.2) is 12.5 Å². The second kappa shape index (κ2) is 6.08. The Balaban J connectivity index is 2.16. The van der Waals surface area contributed by atoms with Crippen molar-refractivity contribution in [1.29, 1.82) is 5.41 Å². The van der Waals surface area contributed by atoms with Crippen LogP contribution in [0.2, 0.25) is 0 Å². The molecule has 5 heteroatoms. The van der Waals surface area contributed by atoms with Gasteiger partial charge in [0, 0.05) is 24.0 Å². The Morgan fingerprint density at radius 2 is 1.65 bits per heavy atom. The molecule has 2 rings (SSSR count). The van der Waals surface area contributed by atoms with Crippen LogP contribution in [0, 0.1) is 5.41 Å². The van der Waals surface area contributed by atoms with Crippen molar-refractivity contribution in [2.24, 2.45) is 11.5 Å². The van der Waals surface area contributed by atoms with Gasteiger partial charge in [-0.25, -0.2) is 0 Å². The molecule has 0 aromatic heterocycles.